The number of halogens is 4. The van der Waals surface area contributed by atoms with Crippen LogP contribution in [0.1, 0.15) is 22.5 Å². The van der Waals surface area contributed by atoms with Crippen LogP contribution in [0.3, 0.4) is 0 Å². The molecule has 0 aromatic carbocycles. The summed E-state index contributed by atoms with van der Waals surface area (Å²) in [6.45, 7) is 0. The largest absolute Gasteiger partial charge is 0.505 e. The molecular formula is C7H3ClF2INO2. The van der Waals surface area contributed by atoms with E-state index in [4.69, 9.17) is 16.7 Å². The number of aromatic nitrogens is 1. The first-order valence-corrected chi connectivity index (χ1v) is 4.76. The Morgan fingerprint density at radius 1 is 1.64 bits per heavy atom. The molecule has 0 fully saturated rings. The lowest BCUT2D eigenvalue weighted by molar-refractivity contribution is 0.106. The third-order valence-electron chi connectivity index (χ3n) is 1.41. The number of carbonyl (C=O) groups excluding carboxylic acids is 1. The molecule has 76 valence electrons. The van der Waals surface area contributed by atoms with Crippen LogP contribution >= 0.6 is 34.2 Å². The van der Waals surface area contributed by atoms with Crippen LogP contribution in [0, 0.1) is 3.70 Å². The van der Waals surface area contributed by atoms with Crippen molar-refractivity contribution in [1.29, 1.82) is 0 Å². The number of nitrogens with zero attached hydrogens (tertiary/aromatic N) is 1. The predicted molar refractivity (Wildman–Crippen MR) is 53.8 cm³/mol. The molecule has 1 heterocycles. The predicted octanol–water partition coefficient (Wildman–Crippen LogP) is 2.71. The van der Waals surface area contributed by atoms with Gasteiger partial charge in [-0.2, -0.15) is 0 Å². The van der Waals surface area contributed by atoms with E-state index in [2.05, 4.69) is 4.98 Å². The number of rotatable bonds is 2. The van der Waals surface area contributed by atoms with Crippen molar-refractivity contribution in [3.05, 3.63) is 21.0 Å². The molecule has 1 rings (SSSR count). The maximum absolute atomic E-state index is 12.3. The molecule has 7 heteroatoms. The molecular weight excluding hydrogens is 330 g/mol. The Hall–Kier alpha value is -0.500. The Balaban J connectivity index is 3.39. The van der Waals surface area contributed by atoms with Gasteiger partial charge in [-0.25, -0.2) is 13.8 Å². The summed E-state index contributed by atoms with van der Waals surface area (Å²) < 4.78 is 24.7. The number of hydrogen-bond donors (Lipinski definition) is 1. The summed E-state index contributed by atoms with van der Waals surface area (Å²) in [5.41, 5.74) is -1.19. The fourth-order valence-electron chi connectivity index (χ4n) is 0.817. The lowest BCUT2D eigenvalue weighted by Crippen LogP contribution is -2.03. The molecule has 0 amide bonds. The van der Waals surface area contributed by atoms with Gasteiger partial charge in [0.25, 0.3) is 11.7 Å². The Labute approximate surface area is 96.2 Å². The van der Waals surface area contributed by atoms with Gasteiger partial charge < -0.3 is 5.11 Å². The Morgan fingerprint density at radius 2 is 2.21 bits per heavy atom. The van der Waals surface area contributed by atoms with Crippen molar-refractivity contribution in [2.75, 3.05) is 0 Å². The number of aromatic hydroxyl groups is 1. The van der Waals surface area contributed by atoms with Gasteiger partial charge in [-0.15, -0.1) is 0 Å². The van der Waals surface area contributed by atoms with Crippen molar-refractivity contribution >= 4 is 39.4 Å². The van der Waals surface area contributed by atoms with Crippen LogP contribution in [0.4, 0.5) is 8.78 Å². The normalized spacial score (nSPS) is 10.6. The minimum atomic E-state index is -2.90. The first-order valence-electron chi connectivity index (χ1n) is 3.31. The second-order valence-corrected chi connectivity index (χ2v) is 3.67. The van der Waals surface area contributed by atoms with Gasteiger partial charge in [0, 0.05) is 0 Å². The van der Waals surface area contributed by atoms with E-state index in [0.717, 1.165) is 6.07 Å². The van der Waals surface area contributed by atoms with Gasteiger partial charge in [0.15, 0.2) is 0 Å². The number of pyridine rings is 1. The number of alkyl halides is 2. The second-order valence-electron chi connectivity index (χ2n) is 2.31. The number of carbonyl (C=O) groups is 1. The summed E-state index contributed by atoms with van der Waals surface area (Å²) in [7, 11) is 0. The van der Waals surface area contributed by atoms with Gasteiger partial charge in [-0.1, -0.05) is 0 Å². The summed E-state index contributed by atoms with van der Waals surface area (Å²) in [6, 6.07) is 0.881. The van der Waals surface area contributed by atoms with E-state index in [1.165, 1.54) is 0 Å². The van der Waals surface area contributed by atoms with Crippen molar-refractivity contribution in [3.63, 3.8) is 0 Å². The lowest BCUT2D eigenvalue weighted by Gasteiger charge is -2.05. The summed E-state index contributed by atoms with van der Waals surface area (Å²) >= 11 is 6.63. The zero-order chi connectivity index (χ0) is 10.9. The monoisotopic (exact) mass is 333 g/mol. The van der Waals surface area contributed by atoms with Crippen LogP contribution in [-0.2, 0) is 0 Å². The van der Waals surface area contributed by atoms with Gasteiger partial charge in [0.05, 0.1) is 5.56 Å². The molecule has 0 spiro atoms. The maximum atomic E-state index is 12.3. The zero-order valence-electron chi connectivity index (χ0n) is 6.47. The lowest BCUT2D eigenvalue weighted by atomic mass is 10.2. The topological polar surface area (TPSA) is 50.2 Å². The minimum Gasteiger partial charge on any atom is -0.505 e. The summed E-state index contributed by atoms with van der Waals surface area (Å²) in [4.78, 5) is 14.1. The average molecular weight is 333 g/mol. The summed E-state index contributed by atoms with van der Waals surface area (Å²) in [6.07, 6.45) is -2.90. The van der Waals surface area contributed by atoms with Crippen LogP contribution in [0.5, 0.6) is 5.75 Å². The molecule has 3 nitrogen and oxygen atoms in total. The van der Waals surface area contributed by atoms with Crippen LogP contribution in [0.2, 0.25) is 0 Å². The Bertz CT molecular complexity index is 386. The van der Waals surface area contributed by atoms with Crippen LogP contribution in [-0.4, -0.2) is 15.3 Å². The van der Waals surface area contributed by atoms with Gasteiger partial charge in [-0.3, -0.25) is 4.79 Å². The van der Waals surface area contributed by atoms with Crippen molar-refractivity contribution in [2.24, 2.45) is 0 Å². The molecule has 0 aliphatic rings. The first-order chi connectivity index (χ1) is 6.43. The molecule has 0 atom stereocenters. The molecule has 0 radical (unpaired) electrons. The highest BCUT2D eigenvalue weighted by Gasteiger charge is 2.21. The SMILES string of the molecule is O=C(Cl)c1cc(O)c(I)nc1C(F)F. The minimum absolute atomic E-state index is 0.000401. The van der Waals surface area contributed by atoms with E-state index in [9.17, 15) is 13.6 Å². The molecule has 0 aliphatic carbocycles. The molecule has 0 bridgehead atoms. The van der Waals surface area contributed by atoms with Gasteiger partial charge >= 0.3 is 0 Å². The van der Waals surface area contributed by atoms with Gasteiger partial charge in [-0.05, 0) is 40.3 Å². The maximum Gasteiger partial charge on any atom is 0.281 e. The van der Waals surface area contributed by atoms with Crippen molar-refractivity contribution < 1.29 is 18.7 Å². The summed E-state index contributed by atoms with van der Waals surface area (Å²) in [5.74, 6) is -0.348. The highest BCUT2D eigenvalue weighted by Crippen LogP contribution is 2.28. The molecule has 1 aromatic heterocycles. The second kappa shape index (κ2) is 4.35. The van der Waals surface area contributed by atoms with Crippen molar-refractivity contribution in [3.8, 4) is 5.75 Å². The molecule has 14 heavy (non-hydrogen) atoms. The van der Waals surface area contributed by atoms with Gasteiger partial charge in [0.1, 0.15) is 15.1 Å². The van der Waals surface area contributed by atoms with Crippen LogP contribution in [0.15, 0.2) is 6.07 Å². The first kappa shape index (κ1) is 11.6. The van der Waals surface area contributed by atoms with E-state index in [1.54, 1.807) is 22.6 Å². The van der Waals surface area contributed by atoms with Crippen LogP contribution in [0.25, 0.3) is 0 Å². The van der Waals surface area contributed by atoms with Gasteiger partial charge in [0.2, 0.25) is 0 Å². The Morgan fingerprint density at radius 3 is 2.64 bits per heavy atom. The highest BCUT2D eigenvalue weighted by atomic mass is 127. The Kier molecular flexibility index (Phi) is 3.59. The quantitative estimate of drug-likeness (QED) is 0.514. The van der Waals surface area contributed by atoms with E-state index < -0.39 is 22.9 Å². The molecule has 1 aromatic rings. The zero-order valence-corrected chi connectivity index (χ0v) is 9.38. The van der Waals surface area contributed by atoms with Crippen molar-refractivity contribution in [2.45, 2.75) is 6.43 Å². The third-order valence-corrected chi connectivity index (χ3v) is 2.40. The molecule has 0 saturated heterocycles. The average Bonchev–Trinajstić information content (AvgIpc) is 2.08. The summed E-state index contributed by atoms with van der Waals surface area (Å²) in [5, 5.41) is 8.06. The molecule has 0 unspecified atom stereocenters. The molecule has 0 saturated carbocycles. The van der Waals surface area contributed by atoms with E-state index in [1.807, 2.05) is 0 Å². The highest BCUT2D eigenvalue weighted by molar-refractivity contribution is 14.1. The number of hydrogen-bond acceptors (Lipinski definition) is 3. The van der Waals surface area contributed by atoms with E-state index >= 15 is 0 Å². The molecule has 1 N–H and O–H groups in total. The van der Waals surface area contributed by atoms with Crippen molar-refractivity contribution in [1.82, 2.24) is 4.98 Å². The third kappa shape index (κ3) is 2.30. The van der Waals surface area contributed by atoms with E-state index in [-0.39, 0.29) is 9.45 Å². The fraction of sp³-hybridized carbons (Fsp3) is 0.143. The van der Waals surface area contributed by atoms with E-state index in [0.29, 0.717) is 0 Å². The smallest absolute Gasteiger partial charge is 0.281 e. The van der Waals surface area contributed by atoms with Crippen LogP contribution < -0.4 is 0 Å². The standard InChI is InChI=1S/C7H3ClF2INO2/c8-5(14)2-1-3(13)7(11)12-4(2)6(9)10/h1,6,13H. The molecule has 0 aliphatic heterocycles. The fourth-order valence-corrected chi connectivity index (χ4v) is 1.38.